The second-order valence-corrected chi connectivity index (χ2v) is 5.34. The van der Waals surface area contributed by atoms with Crippen molar-refractivity contribution < 1.29 is 0 Å². The highest BCUT2D eigenvalue weighted by Gasteiger charge is 2.04. The lowest BCUT2D eigenvalue weighted by Crippen LogP contribution is -2.09. The second-order valence-electron chi connectivity index (χ2n) is 3.63. The molecule has 1 aromatic rings. The van der Waals surface area contributed by atoms with Crippen LogP contribution in [-0.4, -0.2) is 6.54 Å². The third kappa shape index (κ3) is 3.17. The van der Waals surface area contributed by atoms with Crippen molar-refractivity contribution in [3.63, 3.8) is 0 Å². The average Bonchev–Trinajstić information content (AvgIpc) is 2.09. The van der Waals surface area contributed by atoms with Crippen molar-refractivity contribution in [3.05, 3.63) is 21.1 Å². The number of rotatable bonds is 3. The van der Waals surface area contributed by atoms with Crippen LogP contribution in [0.1, 0.15) is 13.8 Å². The maximum Gasteiger partial charge on any atom is 0.0586 e. The molecule has 1 rings (SSSR count). The van der Waals surface area contributed by atoms with Crippen LogP contribution >= 0.6 is 31.9 Å². The molecular weight excluding hydrogens is 308 g/mol. The van der Waals surface area contributed by atoms with Crippen LogP contribution in [0, 0.1) is 5.92 Å². The number of nitrogens with two attached hydrogens (primary N) is 1. The lowest BCUT2D eigenvalue weighted by Gasteiger charge is -2.12. The van der Waals surface area contributed by atoms with Gasteiger partial charge in [0.05, 0.1) is 11.4 Å². The molecule has 1 aromatic carbocycles. The van der Waals surface area contributed by atoms with Crippen LogP contribution in [0.15, 0.2) is 21.1 Å². The summed E-state index contributed by atoms with van der Waals surface area (Å²) in [6.07, 6.45) is 0. The monoisotopic (exact) mass is 320 g/mol. The van der Waals surface area contributed by atoms with Crippen LogP contribution in [0.2, 0.25) is 0 Å². The molecule has 0 saturated carbocycles. The maximum absolute atomic E-state index is 5.86. The number of nitrogen functional groups attached to an aromatic ring is 1. The van der Waals surface area contributed by atoms with E-state index in [2.05, 4.69) is 51.0 Å². The van der Waals surface area contributed by atoms with Crippen LogP contribution in [0.4, 0.5) is 11.4 Å². The molecule has 0 atom stereocenters. The Balaban J connectivity index is 2.82. The average molecular weight is 322 g/mol. The van der Waals surface area contributed by atoms with Crippen molar-refractivity contribution in [1.29, 1.82) is 0 Å². The summed E-state index contributed by atoms with van der Waals surface area (Å²) < 4.78 is 1.99. The summed E-state index contributed by atoms with van der Waals surface area (Å²) in [5, 5.41) is 3.30. The minimum absolute atomic E-state index is 0.608. The third-order valence-corrected chi connectivity index (χ3v) is 3.64. The molecular formula is C10H14Br2N2. The summed E-state index contributed by atoms with van der Waals surface area (Å²) in [5.41, 5.74) is 7.61. The van der Waals surface area contributed by atoms with Gasteiger partial charge in [0, 0.05) is 15.5 Å². The van der Waals surface area contributed by atoms with Gasteiger partial charge in [-0.25, -0.2) is 0 Å². The summed E-state index contributed by atoms with van der Waals surface area (Å²) in [6, 6.07) is 3.88. The minimum atomic E-state index is 0.608. The molecule has 0 amide bonds. The highest BCUT2D eigenvalue weighted by molar-refractivity contribution is 9.13. The van der Waals surface area contributed by atoms with Crippen molar-refractivity contribution in [2.24, 2.45) is 5.92 Å². The van der Waals surface area contributed by atoms with Gasteiger partial charge in [-0.1, -0.05) is 13.8 Å². The smallest absolute Gasteiger partial charge is 0.0586 e. The molecule has 0 fully saturated rings. The fourth-order valence-corrected chi connectivity index (χ4v) is 1.73. The van der Waals surface area contributed by atoms with Gasteiger partial charge in [-0.3, -0.25) is 0 Å². The van der Waals surface area contributed by atoms with Crippen LogP contribution < -0.4 is 11.1 Å². The van der Waals surface area contributed by atoms with E-state index in [1.165, 1.54) is 0 Å². The number of hydrogen-bond acceptors (Lipinski definition) is 2. The van der Waals surface area contributed by atoms with Crippen molar-refractivity contribution in [2.45, 2.75) is 13.8 Å². The van der Waals surface area contributed by atoms with Crippen LogP contribution in [0.25, 0.3) is 0 Å². The highest BCUT2D eigenvalue weighted by Crippen LogP contribution is 2.31. The van der Waals surface area contributed by atoms with Crippen molar-refractivity contribution in [3.8, 4) is 0 Å². The molecule has 4 heteroatoms. The molecule has 0 aromatic heterocycles. The quantitative estimate of drug-likeness (QED) is 0.830. The first-order chi connectivity index (χ1) is 6.50. The van der Waals surface area contributed by atoms with E-state index >= 15 is 0 Å². The molecule has 0 saturated heterocycles. The zero-order valence-electron chi connectivity index (χ0n) is 8.27. The molecule has 0 spiro atoms. The lowest BCUT2D eigenvalue weighted by atomic mass is 10.2. The van der Waals surface area contributed by atoms with Gasteiger partial charge >= 0.3 is 0 Å². The third-order valence-electron chi connectivity index (χ3n) is 1.79. The van der Waals surface area contributed by atoms with Gasteiger partial charge in [0.2, 0.25) is 0 Å². The van der Waals surface area contributed by atoms with Gasteiger partial charge in [-0.15, -0.1) is 0 Å². The van der Waals surface area contributed by atoms with Gasteiger partial charge in [-0.2, -0.15) is 0 Å². The summed E-state index contributed by atoms with van der Waals surface area (Å²) in [6.45, 7) is 5.26. The predicted molar refractivity (Wildman–Crippen MR) is 69.6 cm³/mol. The maximum atomic E-state index is 5.86. The van der Waals surface area contributed by atoms with Crippen molar-refractivity contribution in [2.75, 3.05) is 17.6 Å². The second kappa shape index (κ2) is 5.03. The van der Waals surface area contributed by atoms with Crippen molar-refractivity contribution in [1.82, 2.24) is 0 Å². The predicted octanol–water partition coefficient (Wildman–Crippen LogP) is 3.86. The Labute approximate surface area is 102 Å². The Bertz CT molecular complexity index is 324. The molecule has 0 aliphatic heterocycles. The van der Waals surface area contributed by atoms with Crippen LogP contribution in [0.5, 0.6) is 0 Å². The zero-order chi connectivity index (χ0) is 10.7. The Morgan fingerprint density at radius 1 is 1.29 bits per heavy atom. The van der Waals surface area contributed by atoms with E-state index in [1.807, 2.05) is 12.1 Å². The molecule has 78 valence electrons. The van der Waals surface area contributed by atoms with E-state index in [-0.39, 0.29) is 0 Å². The molecule has 0 aliphatic rings. The van der Waals surface area contributed by atoms with Gasteiger partial charge in [0.15, 0.2) is 0 Å². The van der Waals surface area contributed by atoms with E-state index in [4.69, 9.17) is 5.73 Å². The summed E-state index contributed by atoms with van der Waals surface area (Å²) in [4.78, 5) is 0. The number of nitrogens with one attached hydrogen (secondary N) is 1. The number of benzene rings is 1. The standard InChI is InChI=1S/C10H14Br2N2/c1-6(2)5-14-10-4-8(12)7(11)3-9(10)13/h3-4,6,14H,5,13H2,1-2H3. The van der Waals surface area contributed by atoms with Crippen molar-refractivity contribution >= 4 is 43.2 Å². The molecule has 0 bridgehead atoms. The zero-order valence-corrected chi connectivity index (χ0v) is 11.4. The van der Waals surface area contributed by atoms with Crippen LogP contribution in [0.3, 0.4) is 0 Å². The van der Waals surface area contributed by atoms with Gasteiger partial charge < -0.3 is 11.1 Å². The van der Waals surface area contributed by atoms with E-state index < -0.39 is 0 Å². The summed E-state index contributed by atoms with van der Waals surface area (Å²) in [5.74, 6) is 0.608. The minimum Gasteiger partial charge on any atom is -0.397 e. The largest absolute Gasteiger partial charge is 0.397 e. The molecule has 2 nitrogen and oxygen atoms in total. The Morgan fingerprint density at radius 2 is 1.86 bits per heavy atom. The molecule has 14 heavy (non-hydrogen) atoms. The molecule has 0 aliphatic carbocycles. The Kier molecular flexibility index (Phi) is 4.26. The lowest BCUT2D eigenvalue weighted by molar-refractivity contribution is 0.689. The first-order valence-corrected chi connectivity index (χ1v) is 6.07. The van der Waals surface area contributed by atoms with E-state index in [1.54, 1.807) is 0 Å². The number of halogens is 2. The fraction of sp³-hybridized carbons (Fsp3) is 0.400. The number of hydrogen-bond donors (Lipinski definition) is 2. The normalized spacial score (nSPS) is 10.6. The van der Waals surface area contributed by atoms with E-state index in [0.717, 1.165) is 26.9 Å². The summed E-state index contributed by atoms with van der Waals surface area (Å²) in [7, 11) is 0. The first kappa shape index (κ1) is 11.9. The van der Waals surface area contributed by atoms with E-state index in [0.29, 0.717) is 5.92 Å². The van der Waals surface area contributed by atoms with Gasteiger partial charge in [0.25, 0.3) is 0 Å². The topological polar surface area (TPSA) is 38.0 Å². The Morgan fingerprint density at radius 3 is 2.43 bits per heavy atom. The van der Waals surface area contributed by atoms with Crippen LogP contribution in [-0.2, 0) is 0 Å². The SMILES string of the molecule is CC(C)CNc1cc(Br)c(Br)cc1N. The molecule has 0 heterocycles. The Hall–Kier alpha value is -0.220. The van der Waals surface area contributed by atoms with E-state index in [9.17, 15) is 0 Å². The molecule has 3 N–H and O–H groups in total. The molecule has 0 radical (unpaired) electrons. The number of anilines is 2. The summed E-state index contributed by atoms with van der Waals surface area (Å²) >= 11 is 6.85. The fourth-order valence-electron chi connectivity index (χ4n) is 1.03. The molecule has 0 unspecified atom stereocenters. The first-order valence-electron chi connectivity index (χ1n) is 4.49. The van der Waals surface area contributed by atoms with Gasteiger partial charge in [-0.05, 0) is 49.9 Å². The van der Waals surface area contributed by atoms with Gasteiger partial charge in [0.1, 0.15) is 0 Å². The highest BCUT2D eigenvalue weighted by atomic mass is 79.9.